The van der Waals surface area contributed by atoms with E-state index < -0.39 is 6.29 Å². The summed E-state index contributed by atoms with van der Waals surface area (Å²) >= 11 is 0. The number of rotatable bonds is 10. The minimum absolute atomic E-state index is 0.119. The lowest BCUT2D eigenvalue weighted by Gasteiger charge is -2.34. The minimum Gasteiger partial charge on any atom is -0.493 e. The van der Waals surface area contributed by atoms with Crippen molar-refractivity contribution in [3.05, 3.63) is 35.7 Å². The molecule has 1 saturated heterocycles. The number of nitrogens with zero attached hydrogens (tertiary/aromatic N) is 5. The van der Waals surface area contributed by atoms with E-state index in [1.54, 1.807) is 46.0 Å². The van der Waals surface area contributed by atoms with E-state index in [1.165, 1.54) is 7.11 Å². The van der Waals surface area contributed by atoms with Crippen molar-refractivity contribution in [2.24, 2.45) is 0 Å². The molecule has 1 aliphatic heterocycles. The Hall–Kier alpha value is -3.18. The molecule has 0 bridgehead atoms. The van der Waals surface area contributed by atoms with Gasteiger partial charge in [0, 0.05) is 45.0 Å². The summed E-state index contributed by atoms with van der Waals surface area (Å²) in [7, 11) is 3.07. The van der Waals surface area contributed by atoms with Crippen LogP contribution in [0.3, 0.4) is 0 Å². The number of benzene rings is 1. The van der Waals surface area contributed by atoms with E-state index in [1.807, 2.05) is 13.8 Å². The van der Waals surface area contributed by atoms with E-state index in [-0.39, 0.29) is 17.5 Å². The van der Waals surface area contributed by atoms with Gasteiger partial charge >= 0.3 is 0 Å². The van der Waals surface area contributed by atoms with Gasteiger partial charge in [0.15, 0.2) is 23.5 Å². The number of hydrogen-bond donors (Lipinski definition) is 0. The standard InChI is InChI=1S/C22H31N5O6/c1-5-32-20(33-6-2)15-27-14-17(23-24-27)22(29)26-11-9-25(10-12-26)21(28)16-7-8-18(30-3)19(13-16)31-4/h7-8,13-14,20H,5-6,9-12,15H2,1-4H3. The van der Waals surface area contributed by atoms with E-state index in [0.717, 1.165) is 0 Å². The van der Waals surface area contributed by atoms with Gasteiger partial charge in [-0.2, -0.15) is 0 Å². The third-order valence-corrected chi connectivity index (χ3v) is 5.28. The molecule has 1 aliphatic rings. The van der Waals surface area contributed by atoms with E-state index in [4.69, 9.17) is 18.9 Å². The first kappa shape index (κ1) is 24.5. The highest BCUT2D eigenvalue weighted by molar-refractivity contribution is 5.95. The van der Waals surface area contributed by atoms with E-state index in [2.05, 4.69) is 10.3 Å². The Balaban J connectivity index is 1.57. The lowest BCUT2D eigenvalue weighted by molar-refractivity contribution is -0.145. The summed E-state index contributed by atoms with van der Waals surface area (Å²) in [5.74, 6) is 0.721. The fraction of sp³-hybridized carbons (Fsp3) is 0.545. The quantitative estimate of drug-likeness (QED) is 0.487. The second kappa shape index (κ2) is 11.6. The maximum atomic E-state index is 12.9. The normalized spacial score (nSPS) is 14.0. The van der Waals surface area contributed by atoms with Crippen LogP contribution in [0.5, 0.6) is 11.5 Å². The Kier molecular flexibility index (Phi) is 8.61. The van der Waals surface area contributed by atoms with Crippen molar-refractivity contribution in [2.45, 2.75) is 26.7 Å². The van der Waals surface area contributed by atoms with Crippen LogP contribution < -0.4 is 9.47 Å². The minimum atomic E-state index is -0.448. The summed E-state index contributed by atoms with van der Waals surface area (Å²) in [6.07, 6.45) is 1.14. The Morgan fingerprint density at radius 1 is 0.939 bits per heavy atom. The molecule has 2 amide bonds. The molecule has 0 N–H and O–H groups in total. The molecular weight excluding hydrogens is 430 g/mol. The monoisotopic (exact) mass is 461 g/mol. The van der Waals surface area contributed by atoms with Crippen LogP contribution in [0.25, 0.3) is 0 Å². The smallest absolute Gasteiger partial charge is 0.276 e. The second-order valence-electron chi connectivity index (χ2n) is 7.32. The Morgan fingerprint density at radius 2 is 1.55 bits per heavy atom. The third kappa shape index (κ3) is 5.99. The van der Waals surface area contributed by atoms with Crippen molar-refractivity contribution in [1.82, 2.24) is 24.8 Å². The lowest BCUT2D eigenvalue weighted by atomic mass is 10.1. The van der Waals surface area contributed by atoms with E-state index in [0.29, 0.717) is 63.0 Å². The van der Waals surface area contributed by atoms with Gasteiger partial charge < -0.3 is 28.7 Å². The predicted molar refractivity (Wildman–Crippen MR) is 118 cm³/mol. The summed E-state index contributed by atoms with van der Waals surface area (Å²) in [6, 6.07) is 5.07. The molecule has 33 heavy (non-hydrogen) atoms. The zero-order chi connectivity index (χ0) is 23.8. The number of hydrogen-bond acceptors (Lipinski definition) is 8. The fourth-order valence-corrected chi connectivity index (χ4v) is 3.59. The van der Waals surface area contributed by atoms with Crippen LogP contribution in [0, 0.1) is 0 Å². The molecule has 0 spiro atoms. The molecule has 0 aliphatic carbocycles. The predicted octanol–water partition coefficient (Wildman–Crippen LogP) is 1.29. The topological polar surface area (TPSA) is 108 Å². The van der Waals surface area contributed by atoms with Crippen molar-refractivity contribution >= 4 is 11.8 Å². The average Bonchev–Trinajstić information content (AvgIpc) is 3.31. The highest BCUT2D eigenvalue weighted by Crippen LogP contribution is 2.28. The van der Waals surface area contributed by atoms with Crippen molar-refractivity contribution in [3.8, 4) is 11.5 Å². The first-order valence-corrected chi connectivity index (χ1v) is 10.9. The molecule has 1 fully saturated rings. The molecule has 0 saturated carbocycles. The molecule has 0 atom stereocenters. The number of methoxy groups -OCH3 is 2. The van der Waals surface area contributed by atoms with Crippen LogP contribution in [0.15, 0.2) is 24.4 Å². The van der Waals surface area contributed by atoms with Crippen LogP contribution in [0.1, 0.15) is 34.7 Å². The molecule has 0 radical (unpaired) electrons. The zero-order valence-corrected chi connectivity index (χ0v) is 19.5. The van der Waals surface area contributed by atoms with Crippen LogP contribution in [-0.2, 0) is 16.0 Å². The number of amides is 2. The molecule has 3 rings (SSSR count). The van der Waals surface area contributed by atoms with E-state index >= 15 is 0 Å². The molecule has 2 heterocycles. The fourth-order valence-electron chi connectivity index (χ4n) is 3.59. The van der Waals surface area contributed by atoms with Gasteiger partial charge in [-0.05, 0) is 32.0 Å². The summed E-state index contributed by atoms with van der Waals surface area (Å²) in [5.41, 5.74) is 0.759. The average molecular weight is 462 g/mol. The maximum absolute atomic E-state index is 12.9. The molecule has 1 aromatic carbocycles. The Bertz CT molecular complexity index is 935. The lowest BCUT2D eigenvalue weighted by Crippen LogP contribution is -2.50. The Morgan fingerprint density at radius 3 is 2.12 bits per heavy atom. The number of carbonyl (C=O) groups excluding carboxylic acids is 2. The largest absolute Gasteiger partial charge is 0.493 e. The van der Waals surface area contributed by atoms with Crippen molar-refractivity contribution < 1.29 is 28.5 Å². The maximum Gasteiger partial charge on any atom is 0.276 e. The van der Waals surface area contributed by atoms with Crippen molar-refractivity contribution in [1.29, 1.82) is 0 Å². The molecule has 180 valence electrons. The van der Waals surface area contributed by atoms with Gasteiger partial charge in [0.05, 0.1) is 27.0 Å². The van der Waals surface area contributed by atoms with Crippen molar-refractivity contribution in [2.75, 3.05) is 53.6 Å². The SMILES string of the molecule is CCOC(Cn1cc(C(=O)N2CCN(C(=O)c3ccc(OC)c(OC)c3)CC2)nn1)OCC. The number of ether oxygens (including phenoxy) is 4. The summed E-state index contributed by atoms with van der Waals surface area (Å²) in [6.45, 7) is 6.80. The molecule has 0 unspecified atom stereocenters. The molecule has 11 nitrogen and oxygen atoms in total. The second-order valence-corrected chi connectivity index (χ2v) is 7.32. The van der Waals surface area contributed by atoms with Gasteiger partial charge in [0.2, 0.25) is 0 Å². The van der Waals surface area contributed by atoms with Gasteiger partial charge in [-0.3, -0.25) is 9.59 Å². The van der Waals surface area contributed by atoms with Gasteiger partial charge in [-0.1, -0.05) is 5.21 Å². The molecule has 2 aromatic rings. The molecule has 11 heteroatoms. The number of carbonyl (C=O) groups is 2. The van der Waals surface area contributed by atoms with Crippen LogP contribution in [0.2, 0.25) is 0 Å². The van der Waals surface area contributed by atoms with Crippen LogP contribution in [0.4, 0.5) is 0 Å². The number of piperazine rings is 1. The van der Waals surface area contributed by atoms with Gasteiger partial charge in [0.25, 0.3) is 11.8 Å². The van der Waals surface area contributed by atoms with Crippen LogP contribution in [-0.4, -0.2) is 96.5 Å². The Labute approximate surface area is 193 Å². The summed E-state index contributed by atoms with van der Waals surface area (Å²) in [5, 5.41) is 8.03. The van der Waals surface area contributed by atoms with E-state index in [9.17, 15) is 9.59 Å². The molecule has 1 aromatic heterocycles. The number of aromatic nitrogens is 3. The van der Waals surface area contributed by atoms with Crippen molar-refractivity contribution in [3.63, 3.8) is 0 Å². The first-order chi connectivity index (χ1) is 16.0. The third-order valence-electron chi connectivity index (χ3n) is 5.28. The molecular formula is C22H31N5O6. The zero-order valence-electron chi connectivity index (χ0n) is 19.5. The summed E-state index contributed by atoms with van der Waals surface area (Å²) in [4.78, 5) is 29.2. The van der Waals surface area contributed by atoms with Gasteiger partial charge in [0.1, 0.15) is 0 Å². The highest BCUT2D eigenvalue weighted by Gasteiger charge is 2.27. The highest BCUT2D eigenvalue weighted by atomic mass is 16.7. The van der Waals surface area contributed by atoms with Crippen LogP contribution >= 0.6 is 0 Å². The van der Waals surface area contributed by atoms with Gasteiger partial charge in [-0.15, -0.1) is 5.10 Å². The first-order valence-electron chi connectivity index (χ1n) is 10.9. The summed E-state index contributed by atoms with van der Waals surface area (Å²) < 4.78 is 23.1. The van der Waals surface area contributed by atoms with Gasteiger partial charge in [-0.25, -0.2) is 4.68 Å².